The number of amides is 1. The van der Waals surface area contributed by atoms with Crippen molar-refractivity contribution in [3.63, 3.8) is 0 Å². The van der Waals surface area contributed by atoms with Crippen molar-refractivity contribution in [2.24, 2.45) is 0 Å². The summed E-state index contributed by atoms with van der Waals surface area (Å²) in [5.74, 6) is 1.04. The molecule has 6 nitrogen and oxygen atoms in total. The van der Waals surface area contributed by atoms with E-state index in [0.717, 1.165) is 44.0 Å². The summed E-state index contributed by atoms with van der Waals surface area (Å²) in [6.45, 7) is 8.73. The summed E-state index contributed by atoms with van der Waals surface area (Å²) in [4.78, 5) is 16.9. The van der Waals surface area contributed by atoms with Crippen molar-refractivity contribution in [3.8, 4) is 5.75 Å². The van der Waals surface area contributed by atoms with Gasteiger partial charge in [0.05, 0.1) is 6.20 Å². The number of hydrogen-bond acceptors (Lipinski definition) is 4. The van der Waals surface area contributed by atoms with Gasteiger partial charge in [-0.15, -0.1) is 0 Å². The third-order valence-corrected chi connectivity index (χ3v) is 4.59. The third-order valence-electron chi connectivity index (χ3n) is 4.59. The van der Waals surface area contributed by atoms with Crippen LogP contribution in [0, 0.1) is 6.92 Å². The fourth-order valence-electron chi connectivity index (χ4n) is 3.02. The van der Waals surface area contributed by atoms with Crippen molar-refractivity contribution >= 4 is 5.91 Å². The van der Waals surface area contributed by atoms with Gasteiger partial charge >= 0.3 is 0 Å². The minimum atomic E-state index is -0.248. The highest BCUT2D eigenvalue weighted by atomic mass is 16.5. The Morgan fingerprint density at radius 1 is 1.20 bits per heavy atom. The molecule has 2 heterocycles. The molecule has 1 aliphatic heterocycles. The molecule has 25 heavy (non-hydrogen) atoms. The molecule has 0 unspecified atom stereocenters. The predicted octanol–water partition coefficient (Wildman–Crippen LogP) is 1.98. The van der Waals surface area contributed by atoms with E-state index in [4.69, 9.17) is 4.74 Å². The Bertz CT molecular complexity index is 678. The van der Waals surface area contributed by atoms with Gasteiger partial charge in [0.15, 0.2) is 0 Å². The number of carbonyl (C=O) groups excluding carboxylic acids is 1. The minimum absolute atomic E-state index is 0.142. The maximum atomic E-state index is 12.6. The molecule has 6 heteroatoms. The fraction of sp³-hybridized carbons (Fsp3) is 0.474. The molecule has 0 N–H and O–H groups in total. The molecular weight excluding hydrogens is 316 g/mol. The standard InChI is InChI=1S/C19H26N4O2/c1-16-14-20-23(15-16)17(2)19(24)22-10-8-21(9-11-22)12-13-25-18-6-4-3-5-7-18/h3-7,14-15,17H,8-13H2,1-2H3/t17-/m0/s1. The molecule has 1 aromatic heterocycles. The average molecular weight is 342 g/mol. The van der Waals surface area contributed by atoms with Gasteiger partial charge in [-0.2, -0.15) is 5.10 Å². The van der Waals surface area contributed by atoms with Crippen LogP contribution in [0.5, 0.6) is 5.75 Å². The lowest BCUT2D eigenvalue weighted by Crippen LogP contribution is -2.51. The van der Waals surface area contributed by atoms with E-state index in [0.29, 0.717) is 6.61 Å². The number of rotatable bonds is 6. The summed E-state index contributed by atoms with van der Waals surface area (Å²) in [6, 6.07) is 9.62. The Morgan fingerprint density at radius 3 is 2.56 bits per heavy atom. The number of hydrogen-bond donors (Lipinski definition) is 0. The molecule has 2 aromatic rings. The van der Waals surface area contributed by atoms with Gasteiger partial charge in [0.1, 0.15) is 18.4 Å². The first-order valence-electron chi connectivity index (χ1n) is 8.83. The smallest absolute Gasteiger partial charge is 0.247 e. The van der Waals surface area contributed by atoms with E-state index in [2.05, 4.69) is 10.00 Å². The highest BCUT2D eigenvalue weighted by Gasteiger charge is 2.26. The van der Waals surface area contributed by atoms with E-state index in [1.54, 1.807) is 10.9 Å². The molecule has 134 valence electrons. The zero-order chi connectivity index (χ0) is 17.6. The van der Waals surface area contributed by atoms with Crippen LogP contribution in [0.4, 0.5) is 0 Å². The summed E-state index contributed by atoms with van der Waals surface area (Å²) in [5, 5.41) is 4.26. The van der Waals surface area contributed by atoms with Gasteiger partial charge in [0, 0.05) is 38.9 Å². The van der Waals surface area contributed by atoms with Crippen LogP contribution in [-0.2, 0) is 4.79 Å². The van der Waals surface area contributed by atoms with Crippen LogP contribution in [0.1, 0.15) is 18.5 Å². The Balaban J connectivity index is 1.41. The SMILES string of the molecule is Cc1cnn([C@@H](C)C(=O)N2CCN(CCOc3ccccc3)CC2)c1. The molecule has 0 bridgehead atoms. The molecule has 1 amide bonds. The number of piperazine rings is 1. The van der Waals surface area contributed by atoms with Gasteiger partial charge in [-0.3, -0.25) is 14.4 Å². The second-order valence-corrected chi connectivity index (χ2v) is 6.50. The molecule has 0 radical (unpaired) electrons. The molecule has 0 aliphatic carbocycles. The lowest BCUT2D eigenvalue weighted by molar-refractivity contribution is -0.136. The van der Waals surface area contributed by atoms with Crippen LogP contribution in [0.3, 0.4) is 0 Å². The first kappa shape index (κ1) is 17.5. The monoisotopic (exact) mass is 342 g/mol. The fourth-order valence-corrected chi connectivity index (χ4v) is 3.02. The first-order chi connectivity index (χ1) is 12.1. The van der Waals surface area contributed by atoms with Gasteiger partial charge in [0.2, 0.25) is 5.91 Å². The summed E-state index contributed by atoms with van der Waals surface area (Å²) < 4.78 is 7.50. The average Bonchev–Trinajstić information content (AvgIpc) is 3.08. The minimum Gasteiger partial charge on any atom is -0.492 e. The van der Waals surface area contributed by atoms with Crippen LogP contribution in [0.2, 0.25) is 0 Å². The van der Waals surface area contributed by atoms with Crippen molar-refractivity contribution < 1.29 is 9.53 Å². The normalized spacial score (nSPS) is 16.6. The Hall–Kier alpha value is -2.34. The molecule has 3 rings (SSSR count). The van der Waals surface area contributed by atoms with Gasteiger partial charge in [-0.1, -0.05) is 18.2 Å². The van der Waals surface area contributed by atoms with Crippen LogP contribution in [0.25, 0.3) is 0 Å². The number of benzene rings is 1. The molecule has 1 atom stereocenters. The molecular formula is C19H26N4O2. The highest BCUT2D eigenvalue weighted by molar-refractivity contribution is 5.80. The second kappa shape index (κ2) is 8.16. The Morgan fingerprint density at radius 2 is 1.92 bits per heavy atom. The zero-order valence-electron chi connectivity index (χ0n) is 15.0. The van der Waals surface area contributed by atoms with Crippen molar-refractivity contribution in [1.29, 1.82) is 0 Å². The molecule has 0 saturated carbocycles. The summed E-state index contributed by atoms with van der Waals surface area (Å²) in [5.41, 5.74) is 1.07. The van der Waals surface area contributed by atoms with Crippen molar-refractivity contribution in [1.82, 2.24) is 19.6 Å². The van der Waals surface area contributed by atoms with Crippen LogP contribution in [-0.4, -0.2) is 64.8 Å². The van der Waals surface area contributed by atoms with E-state index in [9.17, 15) is 4.79 Å². The van der Waals surface area contributed by atoms with E-state index < -0.39 is 0 Å². The van der Waals surface area contributed by atoms with Crippen molar-refractivity contribution in [2.75, 3.05) is 39.3 Å². The second-order valence-electron chi connectivity index (χ2n) is 6.50. The van der Waals surface area contributed by atoms with Gasteiger partial charge < -0.3 is 9.64 Å². The lowest BCUT2D eigenvalue weighted by Gasteiger charge is -2.35. The molecule has 1 aliphatic rings. The highest BCUT2D eigenvalue weighted by Crippen LogP contribution is 2.13. The summed E-state index contributed by atoms with van der Waals surface area (Å²) in [6.07, 6.45) is 3.70. The largest absolute Gasteiger partial charge is 0.492 e. The third kappa shape index (κ3) is 4.60. The van der Waals surface area contributed by atoms with Crippen molar-refractivity contribution in [2.45, 2.75) is 19.9 Å². The quantitative estimate of drug-likeness (QED) is 0.805. The van der Waals surface area contributed by atoms with E-state index in [-0.39, 0.29) is 11.9 Å². The number of ether oxygens (including phenoxy) is 1. The summed E-state index contributed by atoms with van der Waals surface area (Å²) >= 11 is 0. The maximum Gasteiger partial charge on any atom is 0.247 e. The van der Waals surface area contributed by atoms with Gasteiger partial charge in [-0.25, -0.2) is 0 Å². The zero-order valence-corrected chi connectivity index (χ0v) is 15.0. The summed E-state index contributed by atoms with van der Waals surface area (Å²) in [7, 11) is 0. The number of nitrogens with zero attached hydrogens (tertiary/aromatic N) is 4. The van der Waals surface area contributed by atoms with E-state index in [1.165, 1.54) is 0 Å². The number of aromatic nitrogens is 2. The number of aryl methyl sites for hydroxylation is 1. The van der Waals surface area contributed by atoms with Crippen molar-refractivity contribution in [3.05, 3.63) is 48.3 Å². The molecule has 0 spiro atoms. The van der Waals surface area contributed by atoms with E-state index >= 15 is 0 Å². The maximum absolute atomic E-state index is 12.6. The van der Waals surface area contributed by atoms with Crippen LogP contribution >= 0.6 is 0 Å². The van der Waals surface area contributed by atoms with Crippen LogP contribution in [0.15, 0.2) is 42.7 Å². The molecule has 1 fully saturated rings. The van der Waals surface area contributed by atoms with E-state index in [1.807, 2.05) is 55.3 Å². The van der Waals surface area contributed by atoms with Gasteiger partial charge in [0.25, 0.3) is 0 Å². The number of para-hydroxylation sites is 1. The molecule has 1 aromatic carbocycles. The molecule has 1 saturated heterocycles. The Labute approximate surface area is 149 Å². The lowest BCUT2D eigenvalue weighted by atomic mass is 10.2. The first-order valence-corrected chi connectivity index (χ1v) is 8.83. The predicted molar refractivity (Wildman–Crippen MR) is 96.6 cm³/mol. The number of carbonyl (C=O) groups is 1. The van der Waals surface area contributed by atoms with Crippen LogP contribution < -0.4 is 4.74 Å². The van der Waals surface area contributed by atoms with Gasteiger partial charge in [-0.05, 0) is 31.5 Å². The topological polar surface area (TPSA) is 50.6 Å². The Kier molecular flexibility index (Phi) is 5.71.